The zero-order valence-electron chi connectivity index (χ0n) is 15.1. The maximum Gasteiger partial charge on any atom is 0.251 e. The molecule has 1 saturated heterocycles. The van der Waals surface area contributed by atoms with Gasteiger partial charge in [-0.1, -0.05) is 29.3 Å². The number of rotatable bonds is 7. The average molecular weight is 422 g/mol. The molecule has 2 aromatic rings. The molecule has 3 rings (SSSR count). The van der Waals surface area contributed by atoms with Crippen molar-refractivity contribution in [3.8, 4) is 0 Å². The topological polar surface area (TPSA) is 79.5 Å². The molecule has 1 fully saturated rings. The molecule has 1 aliphatic rings. The number of ether oxygens (including phenoxy) is 1. The molecule has 0 spiro atoms. The number of amides is 2. The second kappa shape index (κ2) is 9.78. The van der Waals surface area contributed by atoms with Gasteiger partial charge in [-0.25, -0.2) is 0 Å². The van der Waals surface area contributed by atoms with Crippen LogP contribution in [-0.4, -0.2) is 37.6 Å². The Balaban J connectivity index is 1.50. The molecule has 2 amide bonds. The molecule has 8 heteroatoms. The third-order valence-corrected chi connectivity index (χ3v) is 4.67. The van der Waals surface area contributed by atoms with E-state index in [1.54, 1.807) is 42.5 Å². The molecule has 148 valence electrons. The van der Waals surface area contributed by atoms with Crippen molar-refractivity contribution in [2.24, 2.45) is 0 Å². The van der Waals surface area contributed by atoms with E-state index in [1.807, 2.05) is 0 Å². The third kappa shape index (κ3) is 6.12. The van der Waals surface area contributed by atoms with Crippen LogP contribution in [0.15, 0.2) is 42.5 Å². The van der Waals surface area contributed by atoms with E-state index in [0.717, 1.165) is 19.4 Å². The predicted octanol–water partition coefficient (Wildman–Crippen LogP) is 3.95. The quantitative estimate of drug-likeness (QED) is 0.631. The highest BCUT2D eigenvalue weighted by atomic mass is 35.5. The van der Waals surface area contributed by atoms with Gasteiger partial charge in [-0.2, -0.15) is 0 Å². The molecular formula is C20H21Cl2N3O3. The van der Waals surface area contributed by atoms with Gasteiger partial charge < -0.3 is 20.7 Å². The minimum Gasteiger partial charge on any atom is -0.376 e. The zero-order valence-corrected chi connectivity index (χ0v) is 16.6. The first-order chi connectivity index (χ1) is 13.5. The van der Waals surface area contributed by atoms with Gasteiger partial charge in [0, 0.05) is 40.1 Å². The first-order valence-electron chi connectivity index (χ1n) is 8.99. The van der Waals surface area contributed by atoms with Gasteiger partial charge in [-0.3, -0.25) is 9.59 Å². The number of hydrogen-bond acceptors (Lipinski definition) is 4. The zero-order chi connectivity index (χ0) is 19.9. The summed E-state index contributed by atoms with van der Waals surface area (Å²) in [6.45, 7) is 1.29. The third-order valence-electron chi connectivity index (χ3n) is 4.24. The van der Waals surface area contributed by atoms with E-state index < -0.39 is 0 Å². The van der Waals surface area contributed by atoms with Gasteiger partial charge in [0.1, 0.15) is 0 Å². The normalized spacial score (nSPS) is 15.9. The number of nitrogens with one attached hydrogen (secondary N) is 3. The molecule has 28 heavy (non-hydrogen) atoms. The molecule has 3 N–H and O–H groups in total. The Morgan fingerprint density at radius 1 is 1.07 bits per heavy atom. The highest BCUT2D eigenvalue weighted by Crippen LogP contribution is 2.22. The summed E-state index contributed by atoms with van der Waals surface area (Å²) >= 11 is 11.8. The Morgan fingerprint density at radius 3 is 2.57 bits per heavy atom. The fourth-order valence-electron chi connectivity index (χ4n) is 2.90. The minimum atomic E-state index is -0.258. The van der Waals surface area contributed by atoms with Crippen LogP contribution >= 0.6 is 23.2 Å². The van der Waals surface area contributed by atoms with Crippen molar-refractivity contribution in [1.82, 2.24) is 5.32 Å². The number of anilines is 2. The maximum atomic E-state index is 12.3. The molecule has 6 nitrogen and oxygen atoms in total. The molecule has 0 saturated carbocycles. The maximum absolute atomic E-state index is 12.3. The monoisotopic (exact) mass is 421 g/mol. The lowest BCUT2D eigenvalue weighted by atomic mass is 10.1. The SMILES string of the molecule is O=C(CNc1cccc(C(=O)NCC2CCCO2)c1)Nc1cc(Cl)cc(Cl)c1. The highest BCUT2D eigenvalue weighted by Gasteiger charge is 2.16. The van der Waals surface area contributed by atoms with Crippen LogP contribution in [0.2, 0.25) is 10.0 Å². The molecular weight excluding hydrogens is 401 g/mol. The summed E-state index contributed by atoms with van der Waals surface area (Å²) in [6.07, 6.45) is 2.09. The van der Waals surface area contributed by atoms with Crippen molar-refractivity contribution in [2.75, 3.05) is 30.3 Å². The molecule has 0 aliphatic carbocycles. The van der Waals surface area contributed by atoms with Gasteiger partial charge in [-0.15, -0.1) is 0 Å². The molecule has 1 heterocycles. The number of carbonyl (C=O) groups excluding carboxylic acids is 2. The molecule has 1 atom stereocenters. The summed E-state index contributed by atoms with van der Waals surface area (Å²) < 4.78 is 5.50. The van der Waals surface area contributed by atoms with Gasteiger partial charge in [-0.05, 0) is 49.2 Å². The second-order valence-corrected chi connectivity index (χ2v) is 7.36. The lowest BCUT2D eigenvalue weighted by Gasteiger charge is -2.12. The first kappa shape index (κ1) is 20.5. The van der Waals surface area contributed by atoms with E-state index in [9.17, 15) is 9.59 Å². The molecule has 0 aromatic heterocycles. The second-order valence-electron chi connectivity index (χ2n) is 6.49. The van der Waals surface area contributed by atoms with Crippen LogP contribution < -0.4 is 16.0 Å². The van der Waals surface area contributed by atoms with Crippen molar-refractivity contribution in [3.05, 3.63) is 58.1 Å². The average Bonchev–Trinajstić information content (AvgIpc) is 3.17. The Bertz CT molecular complexity index is 834. The van der Waals surface area contributed by atoms with Crippen LogP contribution in [0, 0.1) is 0 Å². The number of hydrogen-bond donors (Lipinski definition) is 3. The van der Waals surface area contributed by atoms with E-state index >= 15 is 0 Å². The highest BCUT2D eigenvalue weighted by molar-refractivity contribution is 6.35. The fourth-order valence-corrected chi connectivity index (χ4v) is 3.42. The van der Waals surface area contributed by atoms with Gasteiger partial charge in [0.15, 0.2) is 0 Å². The number of carbonyl (C=O) groups is 2. The Morgan fingerprint density at radius 2 is 1.86 bits per heavy atom. The molecule has 0 radical (unpaired) electrons. The van der Waals surface area contributed by atoms with Gasteiger partial charge in [0.05, 0.1) is 12.6 Å². The summed E-state index contributed by atoms with van der Waals surface area (Å²) in [5.74, 6) is -0.427. The van der Waals surface area contributed by atoms with Gasteiger partial charge >= 0.3 is 0 Å². The molecule has 1 unspecified atom stereocenters. The predicted molar refractivity (Wildman–Crippen MR) is 111 cm³/mol. The lowest BCUT2D eigenvalue weighted by molar-refractivity contribution is -0.114. The minimum absolute atomic E-state index is 0.0329. The van der Waals surface area contributed by atoms with Crippen molar-refractivity contribution in [3.63, 3.8) is 0 Å². The molecule has 2 aromatic carbocycles. The summed E-state index contributed by atoms with van der Waals surface area (Å²) in [5.41, 5.74) is 1.71. The number of benzene rings is 2. The van der Waals surface area contributed by atoms with Crippen molar-refractivity contribution in [1.29, 1.82) is 0 Å². The summed E-state index contributed by atoms with van der Waals surface area (Å²) in [5, 5.41) is 9.49. The van der Waals surface area contributed by atoms with E-state index in [2.05, 4.69) is 16.0 Å². The van der Waals surface area contributed by atoms with Crippen LogP contribution in [0.3, 0.4) is 0 Å². The standard InChI is InChI=1S/C20H21Cl2N3O3/c21-14-8-15(22)10-17(9-14)25-19(26)12-23-16-4-1-3-13(7-16)20(27)24-11-18-5-2-6-28-18/h1,3-4,7-10,18,23H,2,5-6,11-12H2,(H,24,27)(H,25,26). The number of halogens is 2. The summed E-state index contributed by atoms with van der Waals surface area (Å²) in [7, 11) is 0. The largest absolute Gasteiger partial charge is 0.376 e. The Labute approximate surface area is 173 Å². The fraction of sp³-hybridized carbons (Fsp3) is 0.300. The summed E-state index contributed by atoms with van der Waals surface area (Å²) in [6, 6.07) is 11.8. The van der Waals surface area contributed by atoms with Crippen molar-refractivity contribution in [2.45, 2.75) is 18.9 Å². The van der Waals surface area contributed by atoms with Crippen LogP contribution in [-0.2, 0) is 9.53 Å². The first-order valence-corrected chi connectivity index (χ1v) is 9.75. The molecule has 1 aliphatic heterocycles. The van der Waals surface area contributed by atoms with Crippen LogP contribution in [0.1, 0.15) is 23.2 Å². The van der Waals surface area contributed by atoms with E-state index in [0.29, 0.717) is 33.5 Å². The van der Waals surface area contributed by atoms with Crippen LogP contribution in [0.4, 0.5) is 11.4 Å². The van der Waals surface area contributed by atoms with E-state index in [-0.39, 0.29) is 24.5 Å². The van der Waals surface area contributed by atoms with Gasteiger partial charge in [0.25, 0.3) is 5.91 Å². The van der Waals surface area contributed by atoms with Gasteiger partial charge in [0.2, 0.25) is 5.91 Å². The summed E-state index contributed by atoms with van der Waals surface area (Å²) in [4.78, 5) is 24.4. The van der Waals surface area contributed by atoms with Crippen LogP contribution in [0.25, 0.3) is 0 Å². The van der Waals surface area contributed by atoms with Crippen molar-refractivity contribution < 1.29 is 14.3 Å². The van der Waals surface area contributed by atoms with Crippen molar-refractivity contribution >= 4 is 46.4 Å². The van der Waals surface area contributed by atoms with E-state index in [4.69, 9.17) is 27.9 Å². The lowest BCUT2D eigenvalue weighted by Crippen LogP contribution is -2.31. The van der Waals surface area contributed by atoms with Crippen LogP contribution in [0.5, 0.6) is 0 Å². The molecule has 0 bridgehead atoms. The smallest absolute Gasteiger partial charge is 0.251 e. The Kier molecular flexibility index (Phi) is 7.14. The van der Waals surface area contributed by atoms with E-state index in [1.165, 1.54) is 0 Å². The Hall–Kier alpha value is -2.28.